The summed E-state index contributed by atoms with van der Waals surface area (Å²) in [5.41, 5.74) is -0.271. The second-order valence-electron chi connectivity index (χ2n) is 5.40. The fourth-order valence-corrected chi connectivity index (χ4v) is 3.96. The summed E-state index contributed by atoms with van der Waals surface area (Å²) in [5, 5.41) is 2.73. The summed E-state index contributed by atoms with van der Waals surface area (Å²) < 4.78 is 40.1. The van der Waals surface area contributed by atoms with Crippen molar-refractivity contribution in [3.63, 3.8) is 0 Å². The highest BCUT2D eigenvalue weighted by molar-refractivity contribution is 7.99. The lowest BCUT2D eigenvalue weighted by Crippen LogP contribution is -2.46. The van der Waals surface area contributed by atoms with Crippen LogP contribution in [0.15, 0.2) is 24.3 Å². The molecule has 2 fully saturated rings. The van der Waals surface area contributed by atoms with Crippen molar-refractivity contribution in [1.29, 1.82) is 0 Å². The first kappa shape index (κ1) is 16.0. The number of ether oxygens (including phenoxy) is 1. The molecule has 23 heavy (non-hydrogen) atoms. The van der Waals surface area contributed by atoms with E-state index in [1.165, 1.54) is 12.1 Å². The van der Waals surface area contributed by atoms with E-state index in [4.69, 9.17) is 0 Å². The van der Waals surface area contributed by atoms with Gasteiger partial charge in [0.25, 0.3) is 5.91 Å². The first-order valence-corrected chi connectivity index (χ1v) is 8.01. The Kier molecular flexibility index (Phi) is 3.91. The van der Waals surface area contributed by atoms with E-state index >= 15 is 0 Å². The third-order valence-corrected chi connectivity index (χ3v) is 4.95. The Hall–Kier alpha value is -1.90. The average Bonchev–Trinajstić information content (AvgIpc) is 3.01. The summed E-state index contributed by atoms with van der Waals surface area (Å²) in [7, 11) is 0. The van der Waals surface area contributed by atoms with Crippen molar-refractivity contribution in [2.45, 2.75) is 24.9 Å². The van der Waals surface area contributed by atoms with Crippen LogP contribution in [-0.2, 0) is 11.3 Å². The number of alkyl halides is 3. The topological polar surface area (TPSA) is 58.6 Å². The molecule has 2 aliphatic heterocycles. The smallest absolute Gasteiger partial charge is 0.406 e. The van der Waals surface area contributed by atoms with E-state index in [0.717, 1.165) is 22.8 Å². The first-order chi connectivity index (χ1) is 10.8. The fourth-order valence-electron chi connectivity index (χ4n) is 2.63. The minimum atomic E-state index is -4.75. The molecular formula is C14H13F3N2O3S. The molecule has 124 valence electrons. The summed E-state index contributed by atoms with van der Waals surface area (Å²) in [4.78, 5) is 25.6. The predicted octanol–water partition coefficient (Wildman–Crippen LogP) is 2.51. The number of thioether (sulfide) groups is 1. The highest BCUT2D eigenvalue weighted by atomic mass is 32.2. The number of nitrogens with zero attached hydrogens (tertiary/aromatic N) is 1. The van der Waals surface area contributed by atoms with Crippen molar-refractivity contribution in [3.8, 4) is 5.75 Å². The second kappa shape index (κ2) is 5.63. The third-order valence-electron chi connectivity index (χ3n) is 3.77. The molecule has 0 unspecified atom stereocenters. The Morgan fingerprint density at radius 3 is 2.52 bits per heavy atom. The van der Waals surface area contributed by atoms with Gasteiger partial charge in [-0.1, -0.05) is 12.1 Å². The number of halogens is 3. The van der Waals surface area contributed by atoms with Crippen molar-refractivity contribution in [2.75, 3.05) is 11.5 Å². The number of hydrogen-bond acceptors (Lipinski definition) is 4. The number of hydrogen-bond donors (Lipinski definition) is 1. The van der Waals surface area contributed by atoms with Crippen LogP contribution in [0.4, 0.5) is 18.0 Å². The minimum absolute atomic E-state index is 0.0172. The van der Waals surface area contributed by atoms with E-state index in [2.05, 4.69) is 10.1 Å². The van der Waals surface area contributed by atoms with E-state index in [9.17, 15) is 22.8 Å². The number of amides is 3. The largest absolute Gasteiger partial charge is 0.573 e. The molecule has 0 aliphatic carbocycles. The number of imide groups is 1. The van der Waals surface area contributed by atoms with Gasteiger partial charge in [0.05, 0.1) is 6.54 Å². The van der Waals surface area contributed by atoms with Crippen LogP contribution in [0.3, 0.4) is 0 Å². The SMILES string of the molecule is O=C1N[C@@]2(CCSC2)C(=O)N1Cc1ccc(OC(F)(F)F)cc1. The number of carbonyl (C=O) groups is 2. The molecule has 1 aromatic carbocycles. The average molecular weight is 346 g/mol. The molecule has 1 spiro atoms. The quantitative estimate of drug-likeness (QED) is 0.855. The van der Waals surface area contributed by atoms with Crippen molar-refractivity contribution in [2.24, 2.45) is 0 Å². The molecule has 1 N–H and O–H groups in total. The third kappa shape index (κ3) is 3.24. The Bertz CT molecular complexity index is 627. The highest BCUT2D eigenvalue weighted by Gasteiger charge is 2.52. The van der Waals surface area contributed by atoms with E-state index in [0.29, 0.717) is 17.7 Å². The normalized spacial score (nSPS) is 24.4. The Morgan fingerprint density at radius 1 is 1.26 bits per heavy atom. The molecular weight excluding hydrogens is 333 g/mol. The molecule has 3 amide bonds. The molecule has 5 nitrogen and oxygen atoms in total. The molecule has 0 bridgehead atoms. The van der Waals surface area contributed by atoms with Gasteiger partial charge in [0.1, 0.15) is 11.3 Å². The van der Waals surface area contributed by atoms with Crippen LogP contribution in [0.5, 0.6) is 5.75 Å². The molecule has 2 saturated heterocycles. The minimum Gasteiger partial charge on any atom is -0.406 e. The molecule has 1 aromatic rings. The molecule has 2 aliphatic rings. The second-order valence-corrected chi connectivity index (χ2v) is 6.50. The number of rotatable bonds is 3. The molecule has 1 atom stereocenters. The van der Waals surface area contributed by atoms with Crippen molar-refractivity contribution in [3.05, 3.63) is 29.8 Å². The van der Waals surface area contributed by atoms with Crippen LogP contribution >= 0.6 is 11.8 Å². The van der Waals surface area contributed by atoms with Gasteiger partial charge in [0.2, 0.25) is 0 Å². The lowest BCUT2D eigenvalue weighted by atomic mass is 9.99. The van der Waals surface area contributed by atoms with Crippen molar-refractivity contribution < 1.29 is 27.5 Å². The van der Waals surface area contributed by atoms with Gasteiger partial charge in [0, 0.05) is 5.75 Å². The van der Waals surface area contributed by atoms with Gasteiger partial charge in [-0.2, -0.15) is 11.8 Å². The highest BCUT2D eigenvalue weighted by Crippen LogP contribution is 2.34. The Labute approximate surface area is 134 Å². The van der Waals surface area contributed by atoms with Gasteiger partial charge in [-0.15, -0.1) is 13.2 Å². The van der Waals surface area contributed by atoms with E-state index in [1.54, 1.807) is 11.8 Å². The lowest BCUT2D eigenvalue weighted by Gasteiger charge is -2.19. The maximum Gasteiger partial charge on any atom is 0.573 e. The predicted molar refractivity (Wildman–Crippen MR) is 76.9 cm³/mol. The van der Waals surface area contributed by atoms with Crippen LogP contribution in [0.2, 0.25) is 0 Å². The van der Waals surface area contributed by atoms with Crippen LogP contribution in [-0.4, -0.2) is 40.2 Å². The van der Waals surface area contributed by atoms with E-state index in [1.807, 2.05) is 0 Å². The summed E-state index contributed by atoms with van der Waals surface area (Å²) in [6.45, 7) is 0.0172. The monoisotopic (exact) mass is 346 g/mol. The maximum absolute atomic E-state index is 12.5. The Morgan fingerprint density at radius 2 is 1.96 bits per heavy atom. The van der Waals surface area contributed by atoms with Crippen molar-refractivity contribution >= 4 is 23.7 Å². The van der Waals surface area contributed by atoms with E-state index < -0.39 is 17.9 Å². The lowest BCUT2D eigenvalue weighted by molar-refractivity contribution is -0.274. The summed E-state index contributed by atoms with van der Waals surface area (Å²) in [6.07, 6.45) is -4.16. The molecule has 3 rings (SSSR count). The zero-order valence-electron chi connectivity index (χ0n) is 11.9. The molecule has 0 aromatic heterocycles. The zero-order chi connectivity index (χ0) is 16.7. The maximum atomic E-state index is 12.5. The van der Waals surface area contributed by atoms with Gasteiger partial charge in [-0.25, -0.2) is 4.79 Å². The molecule has 2 heterocycles. The molecule has 0 saturated carbocycles. The van der Waals surface area contributed by atoms with Crippen molar-refractivity contribution in [1.82, 2.24) is 10.2 Å². The summed E-state index contributed by atoms with van der Waals surface area (Å²) >= 11 is 1.61. The summed E-state index contributed by atoms with van der Waals surface area (Å²) in [5.74, 6) is 0.737. The van der Waals surface area contributed by atoms with Gasteiger partial charge >= 0.3 is 12.4 Å². The first-order valence-electron chi connectivity index (χ1n) is 6.86. The number of carbonyl (C=O) groups excluding carboxylic acids is 2. The summed E-state index contributed by atoms with van der Waals surface area (Å²) in [6, 6.07) is 4.64. The Balaban J connectivity index is 1.70. The standard InChI is InChI=1S/C14H13F3N2O3S/c15-14(16,17)22-10-3-1-9(2-4-10)7-19-11(20)13(18-12(19)21)5-6-23-8-13/h1-4H,5-8H2,(H,18,21)/t13-/m1/s1. The number of urea groups is 1. The van der Waals surface area contributed by atoms with Crippen LogP contribution in [0.25, 0.3) is 0 Å². The van der Waals surface area contributed by atoms with Gasteiger partial charge < -0.3 is 10.1 Å². The van der Waals surface area contributed by atoms with Gasteiger partial charge in [-0.05, 0) is 29.9 Å². The number of benzene rings is 1. The van der Waals surface area contributed by atoms with Crippen LogP contribution in [0, 0.1) is 0 Å². The van der Waals surface area contributed by atoms with E-state index in [-0.39, 0.29) is 18.2 Å². The van der Waals surface area contributed by atoms with Crippen LogP contribution in [0.1, 0.15) is 12.0 Å². The van der Waals surface area contributed by atoms with Gasteiger partial charge in [-0.3, -0.25) is 9.69 Å². The fraction of sp³-hybridized carbons (Fsp3) is 0.429. The zero-order valence-corrected chi connectivity index (χ0v) is 12.7. The molecule has 0 radical (unpaired) electrons. The van der Waals surface area contributed by atoms with Crippen LogP contribution < -0.4 is 10.1 Å². The van der Waals surface area contributed by atoms with Gasteiger partial charge in [0.15, 0.2) is 0 Å². The molecule has 9 heteroatoms. The number of nitrogens with one attached hydrogen (secondary N) is 1.